The third kappa shape index (κ3) is 2.12. The van der Waals surface area contributed by atoms with Gasteiger partial charge in [-0.25, -0.2) is 9.48 Å². The third-order valence-corrected chi connectivity index (χ3v) is 3.94. The molecule has 1 heterocycles. The molecule has 0 saturated heterocycles. The molecule has 1 fully saturated rings. The van der Waals surface area contributed by atoms with E-state index >= 15 is 0 Å². The molecule has 5 heteroatoms. The number of aromatic carboxylic acids is 1. The van der Waals surface area contributed by atoms with Gasteiger partial charge in [0.05, 0.1) is 17.6 Å². The van der Waals surface area contributed by atoms with Crippen LogP contribution in [0.15, 0.2) is 34.9 Å². The van der Waals surface area contributed by atoms with Gasteiger partial charge in [-0.05, 0) is 24.6 Å². The van der Waals surface area contributed by atoms with Gasteiger partial charge < -0.3 is 5.11 Å². The van der Waals surface area contributed by atoms with Crippen molar-refractivity contribution < 1.29 is 9.90 Å². The van der Waals surface area contributed by atoms with E-state index in [2.05, 4.69) is 26.9 Å². The average molecular weight is 331 g/mol. The molecule has 2 atom stereocenters. The Morgan fingerprint density at radius 2 is 2.35 bits per heavy atom. The summed E-state index contributed by atoms with van der Waals surface area (Å²) < 4.78 is 2.59. The van der Waals surface area contributed by atoms with E-state index in [1.165, 1.54) is 6.20 Å². The van der Waals surface area contributed by atoms with E-state index in [0.29, 0.717) is 5.69 Å². The molecule has 0 amide bonds. The average Bonchev–Trinajstić information content (AvgIpc) is 3.07. The van der Waals surface area contributed by atoms with Crippen LogP contribution in [-0.2, 0) is 0 Å². The molecule has 20 heavy (non-hydrogen) atoms. The van der Waals surface area contributed by atoms with Gasteiger partial charge in [0.1, 0.15) is 5.56 Å². The Morgan fingerprint density at radius 1 is 1.55 bits per heavy atom. The van der Waals surface area contributed by atoms with Crippen molar-refractivity contribution in [2.45, 2.75) is 12.3 Å². The highest BCUT2D eigenvalue weighted by molar-refractivity contribution is 9.10. The smallest absolute Gasteiger partial charge is 0.339 e. The van der Waals surface area contributed by atoms with E-state index in [1.807, 2.05) is 24.3 Å². The Morgan fingerprint density at radius 3 is 2.95 bits per heavy atom. The van der Waals surface area contributed by atoms with Crippen LogP contribution in [-0.4, -0.2) is 20.9 Å². The summed E-state index contributed by atoms with van der Waals surface area (Å²) in [5, 5.41) is 13.5. The molecule has 0 spiro atoms. The van der Waals surface area contributed by atoms with Crippen molar-refractivity contribution in [3.05, 3.63) is 46.2 Å². The largest absolute Gasteiger partial charge is 0.478 e. The lowest BCUT2D eigenvalue weighted by molar-refractivity contribution is 0.0695. The minimum atomic E-state index is -0.969. The summed E-state index contributed by atoms with van der Waals surface area (Å²) in [6.07, 6.45) is 7.64. The van der Waals surface area contributed by atoms with Crippen molar-refractivity contribution >= 4 is 21.9 Å². The third-order valence-electron chi connectivity index (χ3n) is 3.45. The zero-order valence-corrected chi connectivity index (χ0v) is 12.0. The molecule has 0 bridgehead atoms. The summed E-state index contributed by atoms with van der Waals surface area (Å²) in [7, 11) is 0. The number of halogens is 1. The fraction of sp³-hybridized carbons (Fsp3) is 0.200. The van der Waals surface area contributed by atoms with Gasteiger partial charge in [-0.1, -0.05) is 22.0 Å². The van der Waals surface area contributed by atoms with E-state index in [0.717, 1.165) is 16.6 Å². The van der Waals surface area contributed by atoms with Gasteiger partial charge >= 0.3 is 5.97 Å². The van der Waals surface area contributed by atoms with E-state index in [4.69, 9.17) is 6.42 Å². The van der Waals surface area contributed by atoms with E-state index in [1.54, 1.807) is 4.68 Å². The molecular weight excluding hydrogens is 320 g/mol. The van der Waals surface area contributed by atoms with Gasteiger partial charge in [-0.3, -0.25) is 0 Å². The Labute approximate surface area is 124 Å². The molecule has 0 aliphatic heterocycles. The van der Waals surface area contributed by atoms with Gasteiger partial charge in [0, 0.05) is 16.3 Å². The highest BCUT2D eigenvalue weighted by atomic mass is 79.9. The van der Waals surface area contributed by atoms with Crippen molar-refractivity contribution in [2.24, 2.45) is 5.92 Å². The lowest BCUT2D eigenvalue weighted by atomic mass is 10.1. The van der Waals surface area contributed by atoms with E-state index < -0.39 is 5.97 Å². The number of hydrogen-bond acceptors (Lipinski definition) is 2. The van der Waals surface area contributed by atoms with Crippen molar-refractivity contribution in [3.63, 3.8) is 0 Å². The normalized spacial score (nSPS) is 20.4. The highest BCUT2D eigenvalue weighted by Crippen LogP contribution is 2.48. The number of rotatable bonds is 3. The number of terminal acetylenes is 1. The number of carbonyl (C=O) groups is 1. The molecule has 1 aliphatic rings. The molecule has 0 unspecified atom stereocenters. The van der Waals surface area contributed by atoms with Crippen LogP contribution in [0.2, 0.25) is 0 Å². The summed E-state index contributed by atoms with van der Waals surface area (Å²) >= 11 is 3.41. The first-order valence-electron chi connectivity index (χ1n) is 6.15. The molecule has 0 radical (unpaired) electrons. The van der Waals surface area contributed by atoms with Gasteiger partial charge in [0.2, 0.25) is 0 Å². The first kappa shape index (κ1) is 12.9. The van der Waals surface area contributed by atoms with Crippen LogP contribution in [0.1, 0.15) is 28.4 Å². The van der Waals surface area contributed by atoms with Crippen molar-refractivity contribution in [1.82, 2.24) is 9.78 Å². The van der Waals surface area contributed by atoms with Crippen LogP contribution in [0, 0.1) is 18.3 Å². The van der Waals surface area contributed by atoms with Crippen LogP contribution in [0.25, 0.3) is 5.69 Å². The molecule has 2 aromatic rings. The molecule has 1 aliphatic carbocycles. The summed E-state index contributed by atoms with van der Waals surface area (Å²) in [6, 6.07) is 7.58. The second-order valence-electron chi connectivity index (χ2n) is 4.76. The zero-order chi connectivity index (χ0) is 14.3. The van der Waals surface area contributed by atoms with Crippen molar-refractivity contribution in [1.29, 1.82) is 0 Å². The maximum Gasteiger partial charge on any atom is 0.339 e. The summed E-state index contributed by atoms with van der Waals surface area (Å²) in [4.78, 5) is 11.3. The summed E-state index contributed by atoms with van der Waals surface area (Å²) in [6.45, 7) is 0. The highest BCUT2D eigenvalue weighted by Gasteiger charge is 2.42. The molecule has 1 N–H and O–H groups in total. The van der Waals surface area contributed by atoms with Gasteiger partial charge in [0.25, 0.3) is 0 Å². The number of aromatic nitrogens is 2. The SMILES string of the molecule is C#C[C@@H]1C[C@@H]1c1c(C(=O)O)cnn1-c1cccc(Br)c1. The quantitative estimate of drug-likeness (QED) is 0.880. The minimum absolute atomic E-state index is 0.0765. The van der Waals surface area contributed by atoms with Gasteiger partial charge in [-0.15, -0.1) is 12.3 Å². The molecule has 100 valence electrons. The van der Waals surface area contributed by atoms with E-state index in [-0.39, 0.29) is 17.4 Å². The Balaban J connectivity index is 2.13. The van der Waals surface area contributed by atoms with Crippen LogP contribution >= 0.6 is 15.9 Å². The molecule has 1 aromatic heterocycles. The number of benzene rings is 1. The second-order valence-corrected chi connectivity index (χ2v) is 5.67. The second kappa shape index (κ2) is 4.80. The lowest BCUT2D eigenvalue weighted by Gasteiger charge is -2.08. The molecule has 1 aromatic carbocycles. The maximum absolute atomic E-state index is 11.3. The summed E-state index contributed by atoms with van der Waals surface area (Å²) in [5.74, 6) is 1.91. The first-order chi connectivity index (χ1) is 9.61. The lowest BCUT2D eigenvalue weighted by Crippen LogP contribution is -2.06. The van der Waals surface area contributed by atoms with Crippen LogP contribution in [0.3, 0.4) is 0 Å². The van der Waals surface area contributed by atoms with Gasteiger partial charge in [0.15, 0.2) is 0 Å². The Bertz CT molecular complexity index is 730. The van der Waals surface area contributed by atoms with Crippen LogP contribution in [0.5, 0.6) is 0 Å². The molecular formula is C15H11BrN2O2. The number of carboxylic acid groups (broad SMARTS) is 1. The topological polar surface area (TPSA) is 55.1 Å². The first-order valence-corrected chi connectivity index (χ1v) is 6.94. The minimum Gasteiger partial charge on any atom is -0.478 e. The predicted octanol–water partition coefficient (Wildman–Crippen LogP) is 3.07. The molecule has 4 nitrogen and oxygen atoms in total. The standard InChI is InChI=1S/C15H11BrN2O2/c1-2-9-6-12(9)14-13(15(19)20)8-17-18(14)11-5-3-4-10(16)7-11/h1,3-5,7-9,12H,6H2,(H,19,20)/t9-,12+/m1/s1. The Kier molecular flexibility index (Phi) is 3.11. The predicted molar refractivity (Wildman–Crippen MR) is 77.9 cm³/mol. The number of hydrogen-bond donors (Lipinski definition) is 1. The molecule has 3 rings (SSSR count). The summed E-state index contributed by atoms with van der Waals surface area (Å²) in [5.41, 5.74) is 1.75. The molecule has 1 saturated carbocycles. The van der Waals surface area contributed by atoms with Crippen LogP contribution in [0.4, 0.5) is 0 Å². The van der Waals surface area contributed by atoms with Crippen LogP contribution < -0.4 is 0 Å². The number of nitrogens with zero attached hydrogens (tertiary/aromatic N) is 2. The van der Waals surface area contributed by atoms with Gasteiger partial charge in [-0.2, -0.15) is 5.10 Å². The number of carboxylic acids is 1. The fourth-order valence-corrected chi connectivity index (χ4v) is 2.76. The zero-order valence-electron chi connectivity index (χ0n) is 10.5. The Hall–Kier alpha value is -2.06. The van der Waals surface area contributed by atoms with Crippen molar-refractivity contribution in [3.8, 4) is 18.0 Å². The monoisotopic (exact) mass is 330 g/mol. The fourth-order valence-electron chi connectivity index (χ4n) is 2.37. The van der Waals surface area contributed by atoms with E-state index in [9.17, 15) is 9.90 Å². The maximum atomic E-state index is 11.3. The van der Waals surface area contributed by atoms with Crippen molar-refractivity contribution in [2.75, 3.05) is 0 Å².